The van der Waals surface area contributed by atoms with Gasteiger partial charge in [0.25, 0.3) is 5.91 Å². The van der Waals surface area contributed by atoms with Gasteiger partial charge in [0, 0.05) is 35.0 Å². The molecule has 1 saturated heterocycles. The SMILES string of the molecule is CC(C)(C)OC(=O)NC/C(=C/F)Cn1ncn(Cc2ccc(-c3ccc(C(=O)N4CCOCC4)cc3)s2)c1=O. The van der Waals surface area contributed by atoms with Crippen LogP contribution in [0.25, 0.3) is 10.4 Å². The van der Waals surface area contributed by atoms with Gasteiger partial charge in [-0.2, -0.15) is 5.10 Å². The van der Waals surface area contributed by atoms with Crippen LogP contribution >= 0.6 is 11.3 Å². The van der Waals surface area contributed by atoms with Gasteiger partial charge in [0.2, 0.25) is 0 Å². The second-order valence-corrected chi connectivity index (χ2v) is 11.2. The fourth-order valence-electron chi connectivity index (χ4n) is 3.92. The molecule has 1 N–H and O–H groups in total. The molecule has 208 valence electrons. The molecular formula is C27H32FN5O5S. The summed E-state index contributed by atoms with van der Waals surface area (Å²) >= 11 is 1.53. The molecule has 1 aliphatic rings. The third-order valence-electron chi connectivity index (χ3n) is 5.87. The Labute approximate surface area is 229 Å². The first-order valence-corrected chi connectivity index (χ1v) is 13.4. The number of carbonyl (C=O) groups is 2. The minimum Gasteiger partial charge on any atom is -0.444 e. The first kappa shape index (κ1) is 28.2. The summed E-state index contributed by atoms with van der Waals surface area (Å²) in [4.78, 5) is 41.1. The number of benzene rings is 1. The Bertz CT molecular complexity index is 1380. The lowest BCUT2D eigenvalue weighted by Crippen LogP contribution is -2.40. The molecule has 0 radical (unpaired) electrons. The number of thiophene rings is 1. The maximum absolute atomic E-state index is 13.4. The molecule has 39 heavy (non-hydrogen) atoms. The Morgan fingerprint density at radius 2 is 1.87 bits per heavy atom. The molecule has 3 heterocycles. The van der Waals surface area contributed by atoms with Gasteiger partial charge in [0.05, 0.1) is 32.6 Å². The molecule has 3 aromatic rings. The van der Waals surface area contributed by atoms with Crippen LogP contribution in [0.15, 0.2) is 59.4 Å². The number of nitrogens with one attached hydrogen (secondary N) is 1. The number of aromatic nitrogens is 3. The molecule has 1 fully saturated rings. The van der Waals surface area contributed by atoms with E-state index in [1.165, 1.54) is 22.2 Å². The summed E-state index contributed by atoms with van der Waals surface area (Å²) in [5.41, 5.74) is 0.712. The summed E-state index contributed by atoms with van der Waals surface area (Å²) in [6.45, 7) is 7.58. The van der Waals surface area contributed by atoms with Gasteiger partial charge >= 0.3 is 11.8 Å². The minimum atomic E-state index is -0.674. The van der Waals surface area contributed by atoms with Gasteiger partial charge in [-0.05, 0) is 56.2 Å². The summed E-state index contributed by atoms with van der Waals surface area (Å²) < 4.78 is 26.5. The molecule has 0 unspecified atom stereocenters. The van der Waals surface area contributed by atoms with E-state index in [9.17, 15) is 18.8 Å². The molecule has 0 spiro atoms. The first-order chi connectivity index (χ1) is 18.6. The van der Waals surface area contributed by atoms with Crippen molar-refractivity contribution >= 4 is 23.3 Å². The Morgan fingerprint density at radius 3 is 2.54 bits per heavy atom. The molecule has 2 amide bonds. The van der Waals surface area contributed by atoms with E-state index in [2.05, 4.69) is 10.4 Å². The number of hydrogen-bond donors (Lipinski definition) is 1. The number of alkyl carbamates (subject to hydrolysis) is 1. The number of ether oxygens (including phenoxy) is 2. The number of carbonyl (C=O) groups excluding carboxylic acids is 2. The van der Waals surface area contributed by atoms with Gasteiger partial charge in [-0.3, -0.25) is 9.36 Å². The van der Waals surface area contributed by atoms with E-state index in [1.807, 2.05) is 36.4 Å². The van der Waals surface area contributed by atoms with E-state index in [0.29, 0.717) is 44.7 Å². The van der Waals surface area contributed by atoms with Gasteiger partial charge in [-0.15, -0.1) is 11.3 Å². The molecule has 0 saturated carbocycles. The first-order valence-electron chi connectivity index (χ1n) is 12.6. The predicted octanol–water partition coefficient (Wildman–Crippen LogP) is 3.67. The predicted molar refractivity (Wildman–Crippen MR) is 145 cm³/mol. The molecule has 10 nitrogen and oxygen atoms in total. The van der Waals surface area contributed by atoms with Crippen molar-refractivity contribution in [1.82, 2.24) is 24.6 Å². The smallest absolute Gasteiger partial charge is 0.407 e. The second-order valence-electron chi connectivity index (χ2n) is 10.1. The fraction of sp³-hybridized carbons (Fsp3) is 0.407. The second kappa shape index (κ2) is 12.4. The lowest BCUT2D eigenvalue weighted by atomic mass is 10.1. The third-order valence-corrected chi connectivity index (χ3v) is 6.98. The summed E-state index contributed by atoms with van der Waals surface area (Å²) in [5.74, 6) is -0.000472. The highest BCUT2D eigenvalue weighted by Gasteiger charge is 2.19. The summed E-state index contributed by atoms with van der Waals surface area (Å²) in [7, 11) is 0. The largest absolute Gasteiger partial charge is 0.444 e. The van der Waals surface area contributed by atoms with E-state index in [-0.39, 0.29) is 24.6 Å². The van der Waals surface area contributed by atoms with Crippen LogP contribution < -0.4 is 11.0 Å². The molecule has 1 aromatic carbocycles. The van der Waals surface area contributed by atoms with Crippen LogP contribution in [0.4, 0.5) is 9.18 Å². The third kappa shape index (κ3) is 7.64. The molecule has 4 rings (SSSR count). The van der Waals surface area contributed by atoms with E-state index >= 15 is 0 Å². The van der Waals surface area contributed by atoms with Gasteiger partial charge in [-0.25, -0.2) is 18.7 Å². The Hall–Kier alpha value is -3.77. The molecular weight excluding hydrogens is 525 g/mol. The van der Waals surface area contributed by atoms with Gasteiger partial charge in [-0.1, -0.05) is 12.1 Å². The number of nitrogens with zero attached hydrogens (tertiary/aromatic N) is 4. The van der Waals surface area contributed by atoms with Crippen molar-refractivity contribution in [1.29, 1.82) is 0 Å². The van der Waals surface area contributed by atoms with Crippen LogP contribution in [0.3, 0.4) is 0 Å². The summed E-state index contributed by atoms with van der Waals surface area (Å²) in [5, 5.41) is 6.57. The van der Waals surface area contributed by atoms with Crippen LogP contribution in [0.2, 0.25) is 0 Å². The van der Waals surface area contributed by atoms with Crippen LogP contribution in [-0.2, 0) is 22.6 Å². The zero-order valence-corrected chi connectivity index (χ0v) is 23.0. The van der Waals surface area contributed by atoms with Crippen LogP contribution in [-0.4, -0.2) is 69.7 Å². The Kier molecular flexibility index (Phi) is 8.97. The maximum atomic E-state index is 13.4. The van der Waals surface area contributed by atoms with Crippen molar-refractivity contribution in [3.8, 4) is 10.4 Å². The lowest BCUT2D eigenvalue weighted by Gasteiger charge is -2.26. The normalized spacial score (nSPS) is 14.4. The molecule has 0 aliphatic carbocycles. The number of hydrogen-bond acceptors (Lipinski definition) is 7. The number of morpholine rings is 1. The van der Waals surface area contributed by atoms with Crippen molar-refractivity contribution in [3.63, 3.8) is 0 Å². The van der Waals surface area contributed by atoms with Gasteiger partial charge < -0.3 is 19.7 Å². The van der Waals surface area contributed by atoms with E-state index in [4.69, 9.17) is 9.47 Å². The van der Waals surface area contributed by atoms with Crippen LogP contribution in [0.1, 0.15) is 36.0 Å². The zero-order valence-electron chi connectivity index (χ0n) is 22.2. The molecule has 1 aliphatic heterocycles. The van der Waals surface area contributed by atoms with Crippen LogP contribution in [0.5, 0.6) is 0 Å². The monoisotopic (exact) mass is 557 g/mol. The highest BCUT2D eigenvalue weighted by atomic mass is 32.1. The summed E-state index contributed by atoms with van der Waals surface area (Å²) in [6.07, 6.45) is 1.09. The Morgan fingerprint density at radius 1 is 1.15 bits per heavy atom. The zero-order chi connectivity index (χ0) is 28.0. The van der Waals surface area contributed by atoms with E-state index in [0.717, 1.165) is 20.0 Å². The maximum Gasteiger partial charge on any atom is 0.407 e. The standard InChI is InChI=1S/C27H32FN5O5S/c1-27(2,3)38-25(35)29-15-19(14-28)16-33-26(36)32(18-30-33)17-22-8-9-23(39-22)20-4-6-21(7-5-20)24(34)31-10-12-37-13-11-31/h4-9,14,18H,10-13,15-17H2,1-3H3,(H,29,35)/b19-14-. The van der Waals surface area contributed by atoms with Crippen molar-refractivity contribution in [2.24, 2.45) is 0 Å². The van der Waals surface area contributed by atoms with Crippen molar-refractivity contribution in [2.45, 2.75) is 39.5 Å². The van der Waals surface area contributed by atoms with Gasteiger partial charge in [0.1, 0.15) is 11.9 Å². The van der Waals surface area contributed by atoms with E-state index < -0.39 is 17.4 Å². The average Bonchev–Trinajstić information content (AvgIpc) is 3.52. The number of halogens is 1. The molecule has 12 heteroatoms. The molecule has 0 bridgehead atoms. The molecule has 0 atom stereocenters. The summed E-state index contributed by atoms with van der Waals surface area (Å²) in [6, 6.07) is 11.4. The Balaban J connectivity index is 1.35. The van der Waals surface area contributed by atoms with Crippen molar-refractivity contribution in [3.05, 3.63) is 75.6 Å². The lowest BCUT2D eigenvalue weighted by molar-refractivity contribution is 0.0303. The number of rotatable bonds is 8. The van der Waals surface area contributed by atoms with Crippen molar-refractivity contribution < 1.29 is 23.5 Å². The minimum absolute atomic E-state index is 0.000472. The highest BCUT2D eigenvalue weighted by Crippen LogP contribution is 2.29. The fourth-order valence-corrected chi connectivity index (χ4v) is 4.93. The van der Waals surface area contributed by atoms with Crippen LogP contribution in [0, 0.1) is 0 Å². The quantitative estimate of drug-likeness (QED) is 0.453. The van der Waals surface area contributed by atoms with E-state index in [1.54, 1.807) is 25.7 Å². The highest BCUT2D eigenvalue weighted by molar-refractivity contribution is 7.15. The topological polar surface area (TPSA) is 108 Å². The molecule has 2 aromatic heterocycles. The van der Waals surface area contributed by atoms with Crippen molar-refractivity contribution in [2.75, 3.05) is 32.8 Å². The van der Waals surface area contributed by atoms with Gasteiger partial charge in [0.15, 0.2) is 0 Å². The average molecular weight is 558 g/mol. The number of amides is 2.